The first-order valence-corrected chi connectivity index (χ1v) is 5.55. The first kappa shape index (κ1) is 10.2. The van der Waals surface area contributed by atoms with Crippen LogP contribution in [0.25, 0.3) is 16.7 Å². The van der Waals surface area contributed by atoms with E-state index >= 15 is 0 Å². The first-order chi connectivity index (χ1) is 8.24. The fourth-order valence-electron chi connectivity index (χ4n) is 1.75. The zero-order chi connectivity index (χ0) is 11.8. The van der Waals surface area contributed by atoms with Gasteiger partial charge in [-0.2, -0.15) is 10.1 Å². The van der Waals surface area contributed by atoms with Gasteiger partial charge in [-0.25, -0.2) is 9.67 Å². The summed E-state index contributed by atoms with van der Waals surface area (Å²) < 4.78 is 1.76. The molecule has 1 aromatic carbocycles. The van der Waals surface area contributed by atoms with E-state index in [2.05, 4.69) is 15.1 Å². The number of rotatable bonds is 1. The lowest BCUT2D eigenvalue weighted by Gasteiger charge is -2.03. The number of fused-ring (bicyclic) bond motifs is 1. The third-order valence-corrected chi connectivity index (χ3v) is 2.71. The van der Waals surface area contributed by atoms with Crippen molar-refractivity contribution < 1.29 is 0 Å². The zero-order valence-corrected chi connectivity index (χ0v) is 9.89. The van der Waals surface area contributed by atoms with E-state index in [1.54, 1.807) is 17.1 Å². The molecule has 2 aromatic heterocycles. The van der Waals surface area contributed by atoms with Crippen LogP contribution in [0.1, 0.15) is 5.56 Å². The summed E-state index contributed by atoms with van der Waals surface area (Å²) in [7, 11) is 0. The molecule has 3 rings (SSSR count). The highest BCUT2D eigenvalue weighted by Gasteiger charge is 2.07. The van der Waals surface area contributed by atoms with Crippen molar-refractivity contribution in [3.8, 4) is 5.69 Å². The molecule has 0 bridgehead atoms. The number of hydrogen-bond acceptors (Lipinski definition) is 3. The van der Waals surface area contributed by atoms with Gasteiger partial charge in [0, 0.05) is 6.20 Å². The standard InChI is InChI=1S/C12H9ClN4/c1-8-3-2-4-10(5-8)17-11-9(7-15-17)6-14-12(13)16-11/h2-7H,1H3. The van der Waals surface area contributed by atoms with E-state index in [0.29, 0.717) is 0 Å². The molecule has 0 aliphatic carbocycles. The summed E-state index contributed by atoms with van der Waals surface area (Å²) in [6.45, 7) is 2.04. The maximum atomic E-state index is 5.80. The van der Waals surface area contributed by atoms with Crippen molar-refractivity contribution in [1.29, 1.82) is 0 Å². The Balaban J connectivity index is 2.27. The van der Waals surface area contributed by atoms with Crippen LogP contribution < -0.4 is 0 Å². The van der Waals surface area contributed by atoms with Gasteiger partial charge < -0.3 is 0 Å². The van der Waals surface area contributed by atoms with Gasteiger partial charge in [-0.1, -0.05) is 12.1 Å². The number of hydrogen-bond donors (Lipinski definition) is 0. The van der Waals surface area contributed by atoms with E-state index in [1.165, 1.54) is 5.56 Å². The molecule has 0 aliphatic heterocycles. The highest BCUT2D eigenvalue weighted by molar-refractivity contribution is 6.28. The minimum absolute atomic E-state index is 0.229. The van der Waals surface area contributed by atoms with Crippen molar-refractivity contribution in [1.82, 2.24) is 19.7 Å². The third-order valence-electron chi connectivity index (χ3n) is 2.53. The summed E-state index contributed by atoms with van der Waals surface area (Å²) in [5.41, 5.74) is 2.86. The molecule has 0 unspecified atom stereocenters. The van der Waals surface area contributed by atoms with Crippen LogP contribution in [0.4, 0.5) is 0 Å². The summed E-state index contributed by atoms with van der Waals surface area (Å²) in [5.74, 6) is 0. The Bertz CT molecular complexity index is 690. The van der Waals surface area contributed by atoms with Crippen LogP contribution in [0.3, 0.4) is 0 Å². The topological polar surface area (TPSA) is 43.6 Å². The molecule has 0 saturated carbocycles. The second-order valence-corrected chi connectivity index (χ2v) is 4.15. The Morgan fingerprint density at radius 2 is 2.12 bits per heavy atom. The molecule has 0 amide bonds. The molecule has 3 aromatic rings. The van der Waals surface area contributed by atoms with Gasteiger partial charge in [0.05, 0.1) is 17.3 Å². The molecular formula is C12H9ClN4. The molecule has 0 aliphatic rings. The average molecular weight is 245 g/mol. The number of benzene rings is 1. The predicted octanol–water partition coefficient (Wildman–Crippen LogP) is 2.78. The molecule has 0 N–H and O–H groups in total. The van der Waals surface area contributed by atoms with Crippen LogP contribution in [0.2, 0.25) is 5.28 Å². The van der Waals surface area contributed by atoms with Gasteiger partial charge in [0.2, 0.25) is 5.28 Å². The lowest BCUT2D eigenvalue weighted by atomic mass is 10.2. The van der Waals surface area contributed by atoms with Crippen molar-refractivity contribution >= 4 is 22.6 Å². The average Bonchev–Trinajstić information content (AvgIpc) is 2.71. The van der Waals surface area contributed by atoms with Crippen LogP contribution in [0, 0.1) is 6.92 Å². The van der Waals surface area contributed by atoms with Crippen LogP contribution in [0.15, 0.2) is 36.7 Å². The number of nitrogens with zero attached hydrogens (tertiary/aromatic N) is 4. The summed E-state index contributed by atoms with van der Waals surface area (Å²) in [6.07, 6.45) is 3.40. The summed E-state index contributed by atoms with van der Waals surface area (Å²) >= 11 is 5.80. The third kappa shape index (κ3) is 1.76. The van der Waals surface area contributed by atoms with E-state index in [4.69, 9.17) is 11.6 Å². The second kappa shape index (κ2) is 3.82. The lowest BCUT2D eigenvalue weighted by Crippen LogP contribution is -1.98. The van der Waals surface area contributed by atoms with Gasteiger partial charge in [-0.15, -0.1) is 0 Å². The lowest BCUT2D eigenvalue weighted by molar-refractivity contribution is 0.894. The Kier molecular flexibility index (Phi) is 2.30. The van der Waals surface area contributed by atoms with Gasteiger partial charge >= 0.3 is 0 Å². The molecule has 84 valence electrons. The molecule has 0 fully saturated rings. The summed E-state index contributed by atoms with van der Waals surface area (Å²) in [4.78, 5) is 8.13. The van der Waals surface area contributed by atoms with Crippen molar-refractivity contribution in [3.05, 3.63) is 47.5 Å². The normalized spacial score (nSPS) is 10.9. The molecule has 2 heterocycles. The van der Waals surface area contributed by atoms with E-state index in [9.17, 15) is 0 Å². The zero-order valence-electron chi connectivity index (χ0n) is 9.13. The molecule has 0 atom stereocenters. The maximum absolute atomic E-state index is 5.80. The molecule has 5 heteroatoms. The highest BCUT2D eigenvalue weighted by atomic mass is 35.5. The molecule has 17 heavy (non-hydrogen) atoms. The minimum atomic E-state index is 0.229. The fourth-order valence-corrected chi connectivity index (χ4v) is 1.87. The van der Waals surface area contributed by atoms with Gasteiger partial charge in [0.15, 0.2) is 5.65 Å². The van der Waals surface area contributed by atoms with Crippen LogP contribution >= 0.6 is 11.6 Å². The second-order valence-electron chi connectivity index (χ2n) is 3.81. The van der Waals surface area contributed by atoms with Crippen molar-refractivity contribution in [2.75, 3.05) is 0 Å². The molecule has 0 saturated heterocycles. The van der Waals surface area contributed by atoms with E-state index in [1.807, 2.05) is 31.2 Å². The van der Waals surface area contributed by atoms with Gasteiger partial charge in [0.1, 0.15) is 0 Å². The fraction of sp³-hybridized carbons (Fsp3) is 0.0833. The Labute approximate surface area is 103 Å². The van der Waals surface area contributed by atoms with Gasteiger partial charge in [-0.3, -0.25) is 0 Å². The van der Waals surface area contributed by atoms with E-state index in [-0.39, 0.29) is 5.28 Å². The first-order valence-electron chi connectivity index (χ1n) is 5.17. The highest BCUT2D eigenvalue weighted by Crippen LogP contribution is 2.17. The number of halogens is 1. The Morgan fingerprint density at radius 3 is 2.94 bits per heavy atom. The quantitative estimate of drug-likeness (QED) is 0.618. The monoisotopic (exact) mass is 244 g/mol. The maximum Gasteiger partial charge on any atom is 0.224 e. The molecule has 4 nitrogen and oxygen atoms in total. The Morgan fingerprint density at radius 1 is 1.24 bits per heavy atom. The van der Waals surface area contributed by atoms with Crippen molar-refractivity contribution in [2.24, 2.45) is 0 Å². The summed E-state index contributed by atoms with van der Waals surface area (Å²) in [6, 6.07) is 8.05. The molecule has 0 spiro atoms. The number of aryl methyl sites for hydroxylation is 1. The van der Waals surface area contributed by atoms with Gasteiger partial charge in [0.25, 0.3) is 0 Å². The summed E-state index contributed by atoms with van der Waals surface area (Å²) in [5, 5.41) is 5.40. The van der Waals surface area contributed by atoms with Crippen molar-refractivity contribution in [3.63, 3.8) is 0 Å². The van der Waals surface area contributed by atoms with Gasteiger partial charge in [-0.05, 0) is 36.2 Å². The van der Waals surface area contributed by atoms with Crippen molar-refractivity contribution in [2.45, 2.75) is 6.92 Å². The SMILES string of the molecule is Cc1cccc(-n2ncc3cnc(Cl)nc32)c1. The Hall–Kier alpha value is -1.94. The van der Waals surface area contributed by atoms with Crippen LogP contribution in [0.5, 0.6) is 0 Å². The minimum Gasteiger partial charge on any atom is -0.226 e. The van der Waals surface area contributed by atoms with E-state index < -0.39 is 0 Å². The molecule has 0 radical (unpaired) electrons. The van der Waals surface area contributed by atoms with Crippen LogP contribution in [-0.4, -0.2) is 19.7 Å². The smallest absolute Gasteiger partial charge is 0.224 e. The van der Waals surface area contributed by atoms with E-state index in [0.717, 1.165) is 16.7 Å². The predicted molar refractivity (Wildman–Crippen MR) is 66.4 cm³/mol. The number of aromatic nitrogens is 4. The largest absolute Gasteiger partial charge is 0.226 e. The van der Waals surface area contributed by atoms with Crippen LogP contribution in [-0.2, 0) is 0 Å². The molecular weight excluding hydrogens is 236 g/mol.